The van der Waals surface area contributed by atoms with Crippen LogP contribution in [0.5, 0.6) is 0 Å². The topological polar surface area (TPSA) is 41.6 Å². The summed E-state index contributed by atoms with van der Waals surface area (Å²) >= 11 is 0. The number of likely N-dealkylation sites (tertiary alicyclic amines) is 1. The lowest BCUT2D eigenvalue weighted by Gasteiger charge is -2.17. The van der Waals surface area contributed by atoms with Crippen molar-refractivity contribution in [1.29, 1.82) is 0 Å². The zero-order valence-electron chi connectivity index (χ0n) is 11.8. The molecule has 1 unspecified atom stereocenters. The zero-order chi connectivity index (χ0) is 13.8. The molecule has 1 amide bonds. The third-order valence-electron chi connectivity index (χ3n) is 4.04. The monoisotopic (exact) mass is 274 g/mol. The van der Waals surface area contributed by atoms with Gasteiger partial charge >= 0.3 is 6.09 Å². The van der Waals surface area contributed by atoms with Gasteiger partial charge in [-0.3, -0.25) is 0 Å². The second-order valence-corrected chi connectivity index (χ2v) is 5.82. The maximum Gasteiger partial charge on any atom is 0.410 e. The predicted octanol–water partition coefficient (Wildman–Crippen LogP) is 2.40. The molecule has 1 heterocycles. The lowest BCUT2D eigenvalue weighted by Crippen LogP contribution is -2.36. The molecular formula is C16H22N2O2. The van der Waals surface area contributed by atoms with Crippen molar-refractivity contribution >= 4 is 6.09 Å². The van der Waals surface area contributed by atoms with E-state index < -0.39 is 0 Å². The molecule has 1 aliphatic carbocycles. The van der Waals surface area contributed by atoms with Gasteiger partial charge in [-0.1, -0.05) is 30.3 Å². The first-order chi connectivity index (χ1) is 9.81. The number of hydrogen-bond donors (Lipinski definition) is 1. The first kappa shape index (κ1) is 13.4. The van der Waals surface area contributed by atoms with Crippen LogP contribution in [0.2, 0.25) is 0 Å². The minimum absolute atomic E-state index is 0.190. The Morgan fingerprint density at radius 2 is 2.05 bits per heavy atom. The summed E-state index contributed by atoms with van der Waals surface area (Å²) in [5.41, 5.74) is 1.03. The van der Waals surface area contributed by atoms with Crippen molar-refractivity contribution in [3.63, 3.8) is 0 Å². The Morgan fingerprint density at radius 3 is 2.80 bits per heavy atom. The minimum Gasteiger partial charge on any atom is -0.445 e. The Labute approximate surface area is 120 Å². The molecule has 1 aliphatic heterocycles. The summed E-state index contributed by atoms with van der Waals surface area (Å²) < 4.78 is 5.36. The fraction of sp³-hybridized carbons (Fsp3) is 0.562. The van der Waals surface area contributed by atoms with Gasteiger partial charge in [-0.15, -0.1) is 0 Å². The lowest BCUT2D eigenvalue weighted by atomic mass is 10.2. The number of rotatable bonds is 5. The Morgan fingerprint density at radius 1 is 1.25 bits per heavy atom. The highest BCUT2D eigenvalue weighted by atomic mass is 16.6. The van der Waals surface area contributed by atoms with Crippen molar-refractivity contribution in [2.75, 3.05) is 19.6 Å². The van der Waals surface area contributed by atoms with Crippen molar-refractivity contribution in [3.8, 4) is 0 Å². The summed E-state index contributed by atoms with van der Waals surface area (Å²) in [5, 5.41) is 3.55. The average molecular weight is 274 g/mol. The maximum atomic E-state index is 12.0. The Hall–Kier alpha value is -1.55. The van der Waals surface area contributed by atoms with E-state index in [1.807, 2.05) is 35.2 Å². The van der Waals surface area contributed by atoms with Gasteiger partial charge in [0.1, 0.15) is 6.61 Å². The van der Waals surface area contributed by atoms with E-state index in [1.165, 1.54) is 12.8 Å². The van der Waals surface area contributed by atoms with Gasteiger partial charge in [-0.25, -0.2) is 4.79 Å². The van der Waals surface area contributed by atoms with E-state index >= 15 is 0 Å². The quantitative estimate of drug-likeness (QED) is 0.896. The van der Waals surface area contributed by atoms with Crippen molar-refractivity contribution in [1.82, 2.24) is 10.2 Å². The van der Waals surface area contributed by atoms with E-state index in [4.69, 9.17) is 4.74 Å². The van der Waals surface area contributed by atoms with Crippen molar-refractivity contribution < 1.29 is 9.53 Å². The predicted molar refractivity (Wildman–Crippen MR) is 77.3 cm³/mol. The van der Waals surface area contributed by atoms with Crippen LogP contribution in [-0.2, 0) is 11.3 Å². The first-order valence-corrected chi connectivity index (χ1v) is 7.50. The lowest BCUT2D eigenvalue weighted by molar-refractivity contribution is 0.103. The second kappa shape index (κ2) is 6.27. The van der Waals surface area contributed by atoms with Crippen molar-refractivity contribution in [2.24, 2.45) is 5.92 Å². The molecule has 4 nitrogen and oxygen atoms in total. The molecule has 1 saturated heterocycles. The fourth-order valence-electron chi connectivity index (χ4n) is 2.56. The van der Waals surface area contributed by atoms with Gasteiger partial charge in [0.25, 0.3) is 0 Å². The molecule has 2 aliphatic rings. The normalized spacial score (nSPS) is 22.0. The zero-order valence-corrected chi connectivity index (χ0v) is 11.8. The summed E-state index contributed by atoms with van der Waals surface area (Å²) in [6.45, 7) is 3.05. The molecule has 0 spiro atoms. The molecule has 1 atom stereocenters. The summed E-state index contributed by atoms with van der Waals surface area (Å²) in [6, 6.07) is 10.3. The molecule has 4 heteroatoms. The maximum absolute atomic E-state index is 12.0. The summed E-state index contributed by atoms with van der Waals surface area (Å²) in [5.74, 6) is 0.883. The van der Waals surface area contributed by atoms with Crippen molar-refractivity contribution in [3.05, 3.63) is 35.9 Å². The number of amides is 1. The smallest absolute Gasteiger partial charge is 0.410 e. The van der Waals surface area contributed by atoms with Crippen LogP contribution in [0.15, 0.2) is 30.3 Å². The van der Waals surface area contributed by atoms with Crippen molar-refractivity contribution in [2.45, 2.75) is 31.9 Å². The number of benzene rings is 1. The van der Waals surface area contributed by atoms with Crippen LogP contribution >= 0.6 is 0 Å². The van der Waals surface area contributed by atoms with Gasteiger partial charge in [0.15, 0.2) is 0 Å². The summed E-state index contributed by atoms with van der Waals surface area (Å²) in [7, 11) is 0. The molecule has 1 aromatic carbocycles. The third kappa shape index (κ3) is 3.73. The molecular weight excluding hydrogens is 252 g/mol. The SMILES string of the molecule is O=C(OCc1ccccc1)N1CCC(NCC2CC2)C1. The molecule has 0 aromatic heterocycles. The number of ether oxygens (including phenoxy) is 1. The molecule has 3 rings (SSSR count). The highest BCUT2D eigenvalue weighted by Crippen LogP contribution is 2.28. The van der Waals surface area contributed by atoms with Crippen LogP contribution in [0.3, 0.4) is 0 Å². The van der Waals surface area contributed by atoms with E-state index in [0.29, 0.717) is 12.6 Å². The van der Waals surface area contributed by atoms with E-state index in [-0.39, 0.29) is 6.09 Å². The van der Waals surface area contributed by atoms with E-state index in [2.05, 4.69) is 5.32 Å². The standard InChI is InChI=1S/C16H22N2O2/c19-16(20-12-14-4-2-1-3-5-14)18-9-8-15(11-18)17-10-13-6-7-13/h1-5,13,15,17H,6-12H2. The van der Waals surface area contributed by atoms with Crippen LogP contribution < -0.4 is 5.32 Å². The second-order valence-electron chi connectivity index (χ2n) is 5.82. The van der Waals surface area contributed by atoms with Gasteiger partial charge in [0.2, 0.25) is 0 Å². The van der Waals surface area contributed by atoms with E-state index in [1.54, 1.807) is 0 Å². The third-order valence-corrected chi connectivity index (χ3v) is 4.04. The van der Waals surface area contributed by atoms with Crippen LogP contribution in [0.4, 0.5) is 4.79 Å². The molecule has 0 radical (unpaired) electrons. The molecule has 0 bridgehead atoms. The summed E-state index contributed by atoms with van der Waals surface area (Å²) in [4.78, 5) is 13.8. The molecule has 1 N–H and O–H groups in total. The van der Waals surface area contributed by atoms with Gasteiger partial charge in [-0.05, 0) is 37.3 Å². The number of carbonyl (C=O) groups is 1. The van der Waals surface area contributed by atoms with Crippen LogP contribution in [0.1, 0.15) is 24.8 Å². The molecule has 1 saturated carbocycles. The van der Waals surface area contributed by atoms with Gasteiger partial charge in [0.05, 0.1) is 0 Å². The highest BCUT2D eigenvalue weighted by Gasteiger charge is 2.29. The van der Waals surface area contributed by atoms with Gasteiger partial charge in [0, 0.05) is 19.1 Å². The van der Waals surface area contributed by atoms with Crippen LogP contribution in [-0.4, -0.2) is 36.7 Å². The van der Waals surface area contributed by atoms with E-state index in [0.717, 1.165) is 37.5 Å². The number of hydrogen-bond acceptors (Lipinski definition) is 3. The highest BCUT2D eigenvalue weighted by molar-refractivity contribution is 5.68. The van der Waals surface area contributed by atoms with Crippen LogP contribution in [0.25, 0.3) is 0 Å². The Bertz CT molecular complexity index is 445. The molecule has 1 aromatic rings. The largest absolute Gasteiger partial charge is 0.445 e. The number of carbonyl (C=O) groups excluding carboxylic acids is 1. The molecule has 20 heavy (non-hydrogen) atoms. The molecule has 108 valence electrons. The fourth-order valence-corrected chi connectivity index (χ4v) is 2.56. The van der Waals surface area contributed by atoms with E-state index in [9.17, 15) is 4.79 Å². The van der Waals surface area contributed by atoms with Gasteiger partial charge < -0.3 is 15.0 Å². The number of nitrogens with one attached hydrogen (secondary N) is 1. The average Bonchev–Trinajstić information content (AvgIpc) is 3.20. The first-order valence-electron chi connectivity index (χ1n) is 7.50. The van der Waals surface area contributed by atoms with Crippen LogP contribution in [0, 0.1) is 5.92 Å². The Kier molecular flexibility index (Phi) is 4.21. The van der Waals surface area contributed by atoms with Gasteiger partial charge in [-0.2, -0.15) is 0 Å². The molecule has 2 fully saturated rings. The number of nitrogens with zero attached hydrogens (tertiary/aromatic N) is 1. The minimum atomic E-state index is -0.190. The Balaban J connectivity index is 1.39. The summed E-state index contributed by atoms with van der Waals surface area (Å²) in [6.07, 6.45) is 3.57.